The first-order valence-corrected chi connectivity index (χ1v) is 5.48. The van der Waals surface area contributed by atoms with Gasteiger partial charge in [-0.2, -0.15) is 0 Å². The van der Waals surface area contributed by atoms with Crippen LogP contribution in [0.25, 0.3) is 0 Å². The van der Waals surface area contributed by atoms with E-state index in [0.717, 1.165) is 29.8 Å². The predicted molar refractivity (Wildman–Crippen MR) is 67.1 cm³/mol. The standard InChI is InChI=1S/C12H16N4/c1-8-5-6-10(12(13)15-8)11-4-3-7-14-9(2)16-11/h5-7,9H,3-4H2,1-2H3,(H2,13,15). The lowest BCUT2D eigenvalue weighted by molar-refractivity contribution is 0.801. The first-order chi connectivity index (χ1) is 7.66. The van der Waals surface area contributed by atoms with Crippen LogP contribution in [0, 0.1) is 6.92 Å². The summed E-state index contributed by atoms with van der Waals surface area (Å²) in [7, 11) is 0. The Balaban J connectivity index is 2.37. The van der Waals surface area contributed by atoms with Crippen LogP contribution in [0.15, 0.2) is 22.1 Å². The number of anilines is 1. The maximum absolute atomic E-state index is 5.92. The highest BCUT2D eigenvalue weighted by molar-refractivity contribution is 6.05. The van der Waals surface area contributed by atoms with Crippen LogP contribution < -0.4 is 5.73 Å². The normalized spacial score (nSPS) is 20.4. The predicted octanol–water partition coefficient (Wildman–Crippen LogP) is 1.97. The first kappa shape index (κ1) is 10.8. The number of hydrogen-bond acceptors (Lipinski definition) is 4. The number of rotatable bonds is 1. The molecule has 1 aromatic heterocycles. The third-order valence-electron chi connectivity index (χ3n) is 2.55. The van der Waals surface area contributed by atoms with E-state index in [1.807, 2.05) is 32.2 Å². The van der Waals surface area contributed by atoms with Gasteiger partial charge in [0.15, 0.2) is 0 Å². The summed E-state index contributed by atoms with van der Waals surface area (Å²) >= 11 is 0. The molecule has 0 aliphatic carbocycles. The van der Waals surface area contributed by atoms with E-state index in [-0.39, 0.29) is 6.17 Å². The van der Waals surface area contributed by atoms with Gasteiger partial charge in [-0.3, -0.25) is 9.98 Å². The molecule has 0 saturated heterocycles. The largest absolute Gasteiger partial charge is 0.383 e. The summed E-state index contributed by atoms with van der Waals surface area (Å²) in [4.78, 5) is 13.1. The van der Waals surface area contributed by atoms with Crippen molar-refractivity contribution in [3.63, 3.8) is 0 Å². The molecule has 1 aliphatic heterocycles. The number of nitrogens with two attached hydrogens (primary N) is 1. The van der Waals surface area contributed by atoms with Crippen LogP contribution in [0.3, 0.4) is 0 Å². The quantitative estimate of drug-likeness (QED) is 0.780. The zero-order valence-corrected chi connectivity index (χ0v) is 9.64. The van der Waals surface area contributed by atoms with Crippen LogP contribution in [0.4, 0.5) is 5.82 Å². The molecular weight excluding hydrogens is 200 g/mol. The van der Waals surface area contributed by atoms with Crippen molar-refractivity contribution < 1.29 is 0 Å². The zero-order valence-electron chi connectivity index (χ0n) is 9.64. The minimum absolute atomic E-state index is 0.0156. The number of nitrogens with zero attached hydrogens (tertiary/aromatic N) is 3. The van der Waals surface area contributed by atoms with Gasteiger partial charge in [0.25, 0.3) is 0 Å². The second-order valence-corrected chi connectivity index (χ2v) is 3.96. The monoisotopic (exact) mass is 216 g/mol. The van der Waals surface area contributed by atoms with Crippen molar-refractivity contribution in [3.8, 4) is 0 Å². The molecule has 0 aromatic carbocycles. The molecule has 0 saturated carbocycles. The summed E-state index contributed by atoms with van der Waals surface area (Å²) in [5.74, 6) is 0.563. The van der Waals surface area contributed by atoms with E-state index in [4.69, 9.17) is 5.73 Å². The molecule has 16 heavy (non-hydrogen) atoms. The number of aromatic nitrogens is 1. The number of pyridine rings is 1. The number of aryl methyl sites for hydroxylation is 1. The Kier molecular flexibility index (Phi) is 2.99. The van der Waals surface area contributed by atoms with Gasteiger partial charge in [-0.1, -0.05) is 0 Å². The van der Waals surface area contributed by atoms with E-state index >= 15 is 0 Å². The summed E-state index contributed by atoms with van der Waals surface area (Å²) in [6.45, 7) is 3.90. The third kappa shape index (κ3) is 2.27. The van der Waals surface area contributed by atoms with Crippen LogP contribution >= 0.6 is 0 Å². The molecule has 1 unspecified atom stereocenters. The number of hydrogen-bond donors (Lipinski definition) is 1. The highest BCUT2D eigenvalue weighted by Crippen LogP contribution is 2.16. The van der Waals surface area contributed by atoms with Crippen molar-refractivity contribution >= 4 is 17.7 Å². The fourth-order valence-corrected chi connectivity index (χ4v) is 1.78. The molecule has 0 bridgehead atoms. The summed E-state index contributed by atoms with van der Waals surface area (Å²) < 4.78 is 0. The summed E-state index contributed by atoms with van der Waals surface area (Å²) in [6.07, 6.45) is 3.70. The van der Waals surface area contributed by atoms with Crippen LogP contribution in [0.1, 0.15) is 31.0 Å². The van der Waals surface area contributed by atoms with E-state index in [2.05, 4.69) is 15.0 Å². The number of nitrogen functional groups attached to an aromatic ring is 1. The van der Waals surface area contributed by atoms with E-state index in [0.29, 0.717) is 5.82 Å². The molecule has 0 spiro atoms. The lowest BCUT2D eigenvalue weighted by Crippen LogP contribution is -2.09. The van der Waals surface area contributed by atoms with Crippen molar-refractivity contribution in [2.75, 3.05) is 5.73 Å². The Morgan fingerprint density at radius 2 is 2.19 bits per heavy atom. The molecule has 0 amide bonds. The topological polar surface area (TPSA) is 63.6 Å². The molecule has 1 aliphatic rings. The molecule has 84 valence electrons. The highest BCUT2D eigenvalue weighted by Gasteiger charge is 2.11. The summed E-state index contributed by atoms with van der Waals surface area (Å²) in [5.41, 5.74) is 8.80. The van der Waals surface area contributed by atoms with Crippen LogP contribution in [0.5, 0.6) is 0 Å². The van der Waals surface area contributed by atoms with Gasteiger partial charge in [0, 0.05) is 23.2 Å². The molecule has 4 nitrogen and oxygen atoms in total. The molecule has 0 radical (unpaired) electrons. The van der Waals surface area contributed by atoms with E-state index < -0.39 is 0 Å². The Labute approximate surface area is 95.3 Å². The van der Waals surface area contributed by atoms with E-state index in [1.165, 1.54) is 0 Å². The van der Waals surface area contributed by atoms with Gasteiger partial charge in [-0.15, -0.1) is 0 Å². The van der Waals surface area contributed by atoms with Crippen LogP contribution in [-0.4, -0.2) is 23.1 Å². The molecule has 2 rings (SSSR count). The Bertz CT molecular complexity index is 448. The van der Waals surface area contributed by atoms with Crippen molar-refractivity contribution in [2.45, 2.75) is 32.9 Å². The third-order valence-corrected chi connectivity index (χ3v) is 2.55. The second kappa shape index (κ2) is 4.43. The van der Waals surface area contributed by atoms with E-state index in [9.17, 15) is 0 Å². The number of aliphatic imine (C=N–C) groups is 2. The Hall–Kier alpha value is -1.71. The molecular formula is C12H16N4. The highest BCUT2D eigenvalue weighted by atomic mass is 15.0. The second-order valence-electron chi connectivity index (χ2n) is 3.96. The lowest BCUT2D eigenvalue weighted by Gasteiger charge is -2.08. The molecule has 2 heterocycles. The fourth-order valence-electron chi connectivity index (χ4n) is 1.78. The van der Waals surface area contributed by atoms with E-state index in [1.54, 1.807) is 0 Å². The van der Waals surface area contributed by atoms with Gasteiger partial charge in [-0.25, -0.2) is 4.98 Å². The molecule has 1 atom stereocenters. The van der Waals surface area contributed by atoms with Gasteiger partial charge in [0.05, 0.1) is 0 Å². The summed E-state index contributed by atoms with van der Waals surface area (Å²) in [6, 6.07) is 3.96. The average molecular weight is 216 g/mol. The molecule has 0 fully saturated rings. The van der Waals surface area contributed by atoms with Crippen molar-refractivity contribution in [3.05, 3.63) is 23.4 Å². The van der Waals surface area contributed by atoms with Crippen molar-refractivity contribution in [1.82, 2.24) is 4.98 Å². The zero-order chi connectivity index (χ0) is 11.5. The van der Waals surface area contributed by atoms with Gasteiger partial charge in [0.2, 0.25) is 0 Å². The fraction of sp³-hybridized carbons (Fsp3) is 0.417. The van der Waals surface area contributed by atoms with Gasteiger partial charge in [0.1, 0.15) is 12.0 Å². The smallest absolute Gasteiger partial charge is 0.136 e. The van der Waals surface area contributed by atoms with Gasteiger partial charge < -0.3 is 5.73 Å². The SMILES string of the molecule is Cc1ccc(C2=NC(C)N=CCC2)c(N)n1. The van der Waals surface area contributed by atoms with Crippen molar-refractivity contribution in [1.29, 1.82) is 0 Å². The minimum Gasteiger partial charge on any atom is -0.383 e. The first-order valence-electron chi connectivity index (χ1n) is 5.48. The van der Waals surface area contributed by atoms with Gasteiger partial charge in [-0.05, 0) is 38.8 Å². The maximum atomic E-state index is 5.92. The molecule has 4 heteroatoms. The van der Waals surface area contributed by atoms with Gasteiger partial charge >= 0.3 is 0 Å². The van der Waals surface area contributed by atoms with Crippen molar-refractivity contribution in [2.24, 2.45) is 9.98 Å². The lowest BCUT2D eigenvalue weighted by atomic mass is 10.1. The maximum Gasteiger partial charge on any atom is 0.136 e. The molecule has 2 N–H and O–H groups in total. The van der Waals surface area contributed by atoms with Crippen LogP contribution in [-0.2, 0) is 0 Å². The average Bonchev–Trinajstić information content (AvgIpc) is 2.43. The Morgan fingerprint density at radius 1 is 1.38 bits per heavy atom. The summed E-state index contributed by atoms with van der Waals surface area (Å²) in [5, 5.41) is 0. The Morgan fingerprint density at radius 3 is 2.94 bits per heavy atom. The molecule has 1 aromatic rings. The van der Waals surface area contributed by atoms with Crippen LogP contribution in [0.2, 0.25) is 0 Å². The minimum atomic E-state index is -0.0156.